The maximum atomic E-state index is 13.3. The molecule has 0 aromatic heterocycles. The van der Waals surface area contributed by atoms with Gasteiger partial charge < -0.3 is 20.3 Å². The Hall–Kier alpha value is -2.18. The average molecular weight is 997 g/mol. The Morgan fingerprint density at radius 1 is 0.408 bits per heavy atom. The lowest BCUT2D eigenvalue weighted by molar-refractivity contribution is -0.151. The number of carbonyl (C=O) groups is 2. The van der Waals surface area contributed by atoms with E-state index in [2.05, 4.69) is 74.7 Å². The molecule has 6 heteroatoms. The summed E-state index contributed by atoms with van der Waals surface area (Å²) in [5.41, 5.74) is 0. The molecule has 1 amide bonds. The topological polar surface area (TPSA) is 95.9 Å². The number of nitrogens with one attached hydrogen (secondary N) is 1. The molecule has 0 rings (SSSR count). The van der Waals surface area contributed by atoms with E-state index in [4.69, 9.17) is 4.74 Å². The van der Waals surface area contributed by atoms with Crippen molar-refractivity contribution in [2.24, 2.45) is 0 Å². The third-order valence-corrected chi connectivity index (χ3v) is 14.4. The Balaban J connectivity index is 4.56. The molecule has 0 fully saturated rings. The monoisotopic (exact) mass is 996 g/mol. The zero-order chi connectivity index (χ0) is 51.6. The van der Waals surface area contributed by atoms with E-state index >= 15 is 0 Å². The molecule has 6 nitrogen and oxygen atoms in total. The van der Waals surface area contributed by atoms with Crippen molar-refractivity contribution >= 4 is 11.9 Å². The lowest BCUT2D eigenvalue weighted by Gasteiger charge is -2.24. The van der Waals surface area contributed by atoms with E-state index < -0.39 is 18.2 Å². The van der Waals surface area contributed by atoms with Gasteiger partial charge in [-0.2, -0.15) is 0 Å². The summed E-state index contributed by atoms with van der Waals surface area (Å²) in [5, 5.41) is 24.0. The van der Waals surface area contributed by atoms with E-state index in [-0.39, 0.29) is 24.9 Å². The van der Waals surface area contributed by atoms with E-state index in [1.165, 1.54) is 212 Å². The highest BCUT2D eigenvalue weighted by Gasteiger charge is 2.24. The smallest absolute Gasteiger partial charge is 0.306 e. The van der Waals surface area contributed by atoms with Crippen LogP contribution in [0.3, 0.4) is 0 Å². The Labute approximate surface area is 442 Å². The summed E-state index contributed by atoms with van der Waals surface area (Å²) >= 11 is 0. The fourth-order valence-corrected chi connectivity index (χ4v) is 9.61. The van der Waals surface area contributed by atoms with Crippen LogP contribution < -0.4 is 5.32 Å². The molecule has 0 bridgehead atoms. The molecule has 0 aromatic carbocycles. The van der Waals surface area contributed by atoms with Gasteiger partial charge in [0.05, 0.1) is 25.2 Å². The van der Waals surface area contributed by atoms with Crippen molar-refractivity contribution in [1.82, 2.24) is 5.32 Å². The second kappa shape index (κ2) is 58.7. The van der Waals surface area contributed by atoms with Crippen molar-refractivity contribution in [2.45, 2.75) is 347 Å². The number of aliphatic hydroxyl groups excluding tert-OH is 2. The molecule has 0 saturated carbocycles. The Kier molecular flexibility index (Phi) is 56.9. The number of hydrogen-bond donors (Lipinski definition) is 3. The Morgan fingerprint density at radius 3 is 1.13 bits per heavy atom. The Bertz CT molecular complexity index is 1210. The van der Waals surface area contributed by atoms with Gasteiger partial charge in [-0.25, -0.2) is 0 Å². The van der Waals surface area contributed by atoms with Gasteiger partial charge in [0.2, 0.25) is 5.91 Å². The number of aliphatic hydroxyl groups is 2. The van der Waals surface area contributed by atoms with Crippen molar-refractivity contribution in [1.29, 1.82) is 0 Å². The van der Waals surface area contributed by atoms with E-state index in [0.717, 1.165) is 70.6 Å². The first-order valence-corrected chi connectivity index (χ1v) is 31.4. The van der Waals surface area contributed by atoms with Gasteiger partial charge in [-0.05, 0) is 89.9 Å². The van der Waals surface area contributed by atoms with Crippen LogP contribution in [0.4, 0.5) is 0 Å². The van der Waals surface area contributed by atoms with Crippen molar-refractivity contribution in [2.75, 3.05) is 6.61 Å². The minimum absolute atomic E-state index is 0.0711. The van der Waals surface area contributed by atoms with Crippen molar-refractivity contribution in [3.8, 4) is 0 Å². The first-order chi connectivity index (χ1) is 35.0. The Morgan fingerprint density at radius 2 is 0.718 bits per heavy atom. The molecule has 71 heavy (non-hydrogen) atoms. The number of ether oxygens (including phenoxy) is 1. The third kappa shape index (κ3) is 53.9. The van der Waals surface area contributed by atoms with Crippen LogP contribution in [0.25, 0.3) is 0 Å². The maximum Gasteiger partial charge on any atom is 0.306 e. The third-order valence-electron chi connectivity index (χ3n) is 14.4. The van der Waals surface area contributed by atoms with Crippen LogP contribution in [0.15, 0.2) is 48.6 Å². The van der Waals surface area contributed by atoms with Crippen LogP contribution in [0, 0.1) is 0 Å². The molecule has 0 aromatic rings. The second-order valence-corrected chi connectivity index (χ2v) is 21.5. The molecule has 3 unspecified atom stereocenters. The highest BCUT2D eigenvalue weighted by molar-refractivity contribution is 5.77. The van der Waals surface area contributed by atoms with Gasteiger partial charge in [0.15, 0.2) is 0 Å². The fourth-order valence-electron chi connectivity index (χ4n) is 9.61. The van der Waals surface area contributed by atoms with Gasteiger partial charge in [-0.1, -0.05) is 275 Å². The summed E-state index contributed by atoms with van der Waals surface area (Å²) in [4.78, 5) is 26.4. The van der Waals surface area contributed by atoms with E-state index in [1.807, 2.05) is 0 Å². The van der Waals surface area contributed by atoms with Crippen LogP contribution in [0.1, 0.15) is 329 Å². The minimum atomic E-state index is -0.793. The number of allylic oxidation sites excluding steroid dienone is 8. The summed E-state index contributed by atoms with van der Waals surface area (Å²) in [7, 11) is 0. The molecule has 0 spiro atoms. The van der Waals surface area contributed by atoms with Crippen molar-refractivity contribution < 1.29 is 24.5 Å². The molecular weight excluding hydrogens is 875 g/mol. The largest absolute Gasteiger partial charge is 0.462 e. The van der Waals surface area contributed by atoms with Gasteiger partial charge in [0.1, 0.15) is 6.10 Å². The van der Waals surface area contributed by atoms with Gasteiger partial charge in [-0.15, -0.1) is 0 Å². The molecule has 3 atom stereocenters. The number of carbonyl (C=O) groups excluding carboxylic acids is 2. The molecule has 416 valence electrons. The zero-order valence-corrected chi connectivity index (χ0v) is 47.6. The molecule has 0 aliphatic carbocycles. The normalized spacial score (nSPS) is 13.4. The quantitative estimate of drug-likeness (QED) is 0.0321. The lowest BCUT2D eigenvalue weighted by atomic mass is 10.0. The number of esters is 1. The van der Waals surface area contributed by atoms with Gasteiger partial charge in [0, 0.05) is 6.42 Å². The number of unbranched alkanes of at least 4 members (excludes halogenated alkanes) is 37. The van der Waals surface area contributed by atoms with Crippen LogP contribution >= 0.6 is 0 Å². The average Bonchev–Trinajstić information content (AvgIpc) is 3.36. The summed E-state index contributed by atoms with van der Waals surface area (Å²) in [6.07, 6.45) is 73.2. The SMILES string of the molecule is CCCCC/C=C\C/C=C\C/C=C\CCCCCCCCC(=O)OC(CCCCCCCCC/C=C/CCCCCCCC)CC(=O)NC(CO)C(O)CCCCCCCCCCCCCCCCCC. The summed E-state index contributed by atoms with van der Waals surface area (Å²) in [6, 6.07) is -0.707. The summed E-state index contributed by atoms with van der Waals surface area (Å²) in [5.74, 6) is -0.477. The van der Waals surface area contributed by atoms with Crippen molar-refractivity contribution in [3.63, 3.8) is 0 Å². The van der Waals surface area contributed by atoms with Gasteiger partial charge >= 0.3 is 5.97 Å². The highest BCUT2D eigenvalue weighted by atomic mass is 16.5. The standard InChI is InChI=1S/C65H121NO5/c1-4-7-10-13-16-19-22-25-28-31-32-34-37-40-43-46-49-52-55-58-65(70)71-61(56-53-50-47-44-41-38-35-33-29-26-23-20-17-14-11-8-5-2)59-64(69)66-62(60-67)63(68)57-54-51-48-45-42-39-36-30-27-24-21-18-15-12-9-6-3/h16,19,25-26,28-29,32,34,61-63,67-68H,4-15,17-18,20-24,27,30-31,33,35-60H2,1-3H3,(H,66,69)/b19-16-,28-25-,29-26+,34-32-. The highest BCUT2D eigenvalue weighted by Crippen LogP contribution is 2.19. The summed E-state index contributed by atoms with van der Waals surface area (Å²) < 4.78 is 5.98. The molecule has 0 saturated heterocycles. The second-order valence-electron chi connectivity index (χ2n) is 21.5. The first kappa shape index (κ1) is 68.8. The van der Waals surface area contributed by atoms with Crippen molar-refractivity contribution in [3.05, 3.63) is 48.6 Å². The predicted molar refractivity (Wildman–Crippen MR) is 310 cm³/mol. The van der Waals surface area contributed by atoms with Crippen LogP contribution in [0.2, 0.25) is 0 Å². The number of hydrogen-bond acceptors (Lipinski definition) is 5. The van der Waals surface area contributed by atoms with E-state index in [1.54, 1.807) is 0 Å². The fraction of sp³-hybridized carbons (Fsp3) is 0.846. The van der Waals surface area contributed by atoms with Crippen LogP contribution in [-0.2, 0) is 14.3 Å². The number of amides is 1. The molecule has 0 heterocycles. The van der Waals surface area contributed by atoms with Crippen LogP contribution in [-0.4, -0.2) is 46.9 Å². The van der Waals surface area contributed by atoms with Crippen LogP contribution in [0.5, 0.6) is 0 Å². The van der Waals surface area contributed by atoms with Gasteiger partial charge in [0.25, 0.3) is 0 Å². The predicted octanol–water partition coefficient (Wildman–Crippen LogP) is 19.7. The number of rotatable bonds is 57. The lowest BCUT2D eigenvalue weighted by Crippen LogP contribution is -2.46. The molecule has 0 radical (unpaired) electrons. The summed E-state index contributed by atoms with van der Waals surface area (Å²) in [6.45, 7) is 6.49. The molecule has 0 aliphatic rings. The molecular formula is C65H121NO5. The minimum Gasteiger partial charge on any atom is -0.462 e. The zero-order valence-electron chi connectivity index (χ0n) is 47.6. The van der Waals surface area contributed by atoms with E-state index in [9.17, 15) is 19.8 Å². The van der Waals surface area contributed by atoms with E-state index in [0.29, 0.717) is 19.3 Å². The first-order valence-electron chi connectivity index (χ1n) is 31.4. The maximum absolute atomic E-state index is 13.3. The molecule has 0 aliphatic heterocycles. The van der Waals surface area contributed by atoms with Gasteiger partial charge in [-0.3, -0.25) is 9.59 Å². The molecule has 3 N–H and O–H groups in total.